The Balaban J connectivity index is 2.19. The van der Waals surface area contributed by atoms with Gasteiger partial charge in [-0.2, -0.15) is 5.10 Å². The van der Waals surface area contributed by atoms with Gasteiger partial charge in [-0.3, -0.25) is 4.98 Å². The van der Waals surface area contributed by atoms with Crippen molar-refractivity contribution in [1.82, 2.24) is 20.2 Å². The lowest BCUT2D eigenvalue weighted by molar-refractivity contribution is 0.973. The molecule has 0 aliphatic carbocycles. The van der Waals surface area contributed by atoms with E-state index in [0.29, 0.717) is 0 Å². The van der Waals surface area contributed by atoms with Crippen LogP contribution in [0.15, 0.2) is 49.1 Å². The zero-order valence-corrected chi connectivity index (χ0v) is 8.41. The van der Waals surface area contributed by atoms with Crippen molar-refractivity contribution in [2.24, 2.45) is 0 Å². The number of benzene rings is 1. The number of hydrogen-bond donors (Lipinski definition) is 0. The molecule has 0 unspecified atom stereocenters. The third kappa shape index (κ3) is 1.50. The maximum absolute atomic E-state index is 4.37. The molecule has 0 spiro atoms. The van der Waals surface area contributed by atoms with E-state index in [-0.39, 0.29) is 0 Å². The highest BCUT2D eigenvalue weighted by molar-refractivity contribution is 5.82. The highest BCUT2D eigenvalue weighted by Gasteiger charge is 2.01. The normalized spacial score (nSPS) is 10.5. The van der Waals surface area contributed by atoms with Gasteiger partial charge < -0.3 is 0 Å². The summed E-state index contributed by atoms with van der Waals surface area (Å²) in [5, 5.41) is 8.55. The molecule has 0 saturated carbocycles. The molecule has 2 aromatic heterocycles. The molecule has 0 N–H and O–H groups in total. The summed E-state index contributed by atoms with van der Waals surface area (Å²) in [6, 6.07) is 10.0. The maximum Gasteiger partial charge on any atom is 0.138 e. The summed E-state index contributed by atoms with van der Waals surface area (Å²) in [4.78, 5) is 8.51. The molecule has 16 heavy (non-hydrogen) atoms. The smallest absolute Gasteiger partial charge is 0.138 e. The summed E-state index contributed by atoms with van der Waals surface area (Å²) >= 11 is 0. The Kier molecular flexibility index (Phi) is 2.04. The van der Waals surface area contributed by atoms with Crippen molar-refractivity contribution in [3.63, 3.8) is 0 Å². The lowest BCUT2D eigenvalue weighted by Gasteiger charge is -2.01. The molecule has 2 heterocycles. The zero-order chi connectivity index (χ0) is 10.8. The predicted octanol–water partition coefficient (Wildman–Crippen LogP) is 2.09. The molecule has 1 aromatic carbocycles. The van der Waals surface area contributed by atoms with Gasteiger partial charge in [0.1, 0.15) is 6.33 Å². The van der Waals surface area contributed by atoms with Crippen molar-refractivity contribution >= 4 is 10.9 Å². The molecule has 4 nitrogen and oxygen atoms in total. The molecule has 0 aliphatic heterocycles. The fourth-order valence-corrected chi connectivity index (χ4v) is 1.60. The highest BCUT2D eigenvalue weighted by Crippen LogP contribution is 2.19. The molecular weight excluding hydrogens is 200 g/mol. The Hall–Kier alpha value is -2.36. The first-order valence-corrected chi connectivity index (χ1v) is 4.91. The average molecular weight is 208 g/mol. The van der Waals surface area contributed by atoms with E-state index >= 15 is 0 Å². The Labute approximate surface area is 92.0 Å². The van der Waals surface area contributed by atoms with Gasteiger partial charge in [0, 0.05) is 17.1 Å². The van der Waals surface area contributed by atoms with E-state index in [1.807, 2.05) is 30.3 Å². The molecule has 3 rings (SSSR count). The van der Waals surface area contributed by atoms with E-state index in [1.54, 1.807) is 12.4 Å². The van der Waals surface area contributed by atoms with Crippen LogP contribution < -0.4 is 0 Å². The molecule has 76 valence electrons. The summed E-state index contributed by atoms with van der Waals surface area (Å²) in [7, 11) is 0. The van der Waals surface area contributed by atoms with E-state index in [2.05, 4.69) is 20.2 Å². The summed E-state index contributed by atoms with van der Waals surface area (Å²) in [6.45, 7) is 0. The predicted molar refractivity (Wildman–Crippen MR) is 60.6 cm³/mol. The Morgan fingerprint density at radius 2 is 1.81 bits per heavy atom. The van der Waals surface area contributed by atoms with E-state index < -0.39 is 0 Å². The van der Waals surface area contributed by atoms with Crippen LogP contribution in [0.25, 0.3) is 22.2 Å². The number of para-hydroxylation sites is 1. The van der Waals surface area contributed by atoms with Crippen LogP contribution in [0.5, 0.6) is 0 Å². The second-order valence-electron chi connectivity index (χ2n) is 3.41. The van der Waals surface area contributed by atoms with Crippen molar-refractivity contribution in [3.8, 4) is 11.3 Å². The fourth-order valence-electron chi connectivity index (χ4n) is 1.60. The van der Waals surface area contributed by atoms with Gasteiger partial charge in [0.2, 0.25) is 0 Å². The molecule has 0 atom stereocenters. The van der Waals surface area contributed by atoms with E-state index in [9.17, 15) is 0 Å². The van der Waals surface area contributed by atoms with Crippen LogP contribution in [0.3, 0.4) is 0 Å². The Bertz CT molecular complexity index is 622. The number of hydrogen-bond acceptors (Lipinski definition) is 4. The minimum Gasteiger partial charge on any atom is -0.256 e. The van der Waals surface area contributed by atoms with Gasteiger partial charge in [-0.15, -0.1) is 5.10 Å². The van der Waals surface area contributed by atoms with Gasteiger partial charge in [0.15, 0.2) is 0 Å². The first-order chi connectivity index (χ1) is 7.93. The van der Waals surface area contributed by atoms with Crippen molar-refractivity contribution in [3.05, 3.63) is 49.1 Å². The van der Waals surface area contributed by atoms with Crippen LogP contribution in [-0.4, -0.2) is 20.2 Å². The molecule has 3 aromatic rings. The van der Waals surface area contributed by atoms with Gasteiger partial charge in [0.25, 0.3) is 0 Å². The van der Waals surface area contributed by atoms with Crippen LogP contribution in [-0.2, 0) is 0 Å². The highest BCUT2D eigenvalue weighted by atomic mass is 15.1. The van der Waals surface area contributed by atoms with Gasteiger partial charge in [-0.25, -0.2) is 4.98 Å². The van der Waals surface area contributed by atoms with Crippen LogP contribution >= 0.6 is 0 Å². The maximum atomic E-state index is 4.37. The molecule has 0 radical (unpaired) electrons. The molecule has 0 aliphatic rings. The third-order valence-electron chi connectivity index (χ3n) is 2.38. The lowest BCUT2D eigenvalue weighted by Crippen LogP contribution is -1.88. The Morgan fingerprint density at radius 3 is 2.69 bits per heavy atom. The molecule has 4 heteroatoms. The molecular formula is C12H8N4. The minimum absolute atomic E-state index is 0.785. The molecule has 0 saturated heterocycles. The summed E-state index contributed by atoms with van der Waals surface area (Å²) in [5.41, 5.74) is 2.72. The zero-order valence-electron chi connectivity index (χ0n) is 8.41. The molecule has 0 bridgehead atoms. The summed E-state index contributed by atoms with van der Waals surface area (Å²) in [6.07, 6.45) is 4.86. The second kappa shape index (κ2) is 3.66. The second-order valence-corrected chi connectivity index (χ2v) is 3.41. The number of pyridine rings is 1. The topological polar surface area (TPSA) is 51.6 Å². The third-order valence-corrected chi connectivity index (χ3v) is 2.38. The van der Waals surface area contributed by atoms with Gasteiger partial charge >= 0.3 is 0 Å². The van der Waals surface area contributed by atoms with Gasteiger partial charge in [0.05, 0.1) is 17.4 Å². The van der Waals surface area contributed by atoms with E-state index in [0.717, 1.165) is 22.2 Å². The van der Waals surface area contributed by atoms with Crippen molar-refractivity contribution in [2.45, 2.75) is 0 Å². The minimum atomic E-state index is 0.785. The monoisotopic (exact) mass is 208 g/mol. The quantitative estimate of drug-likeness (QED) is 0.614. The summed E-state index contributed by atoms with van der Waals surface area (Å²) < 4.78 is 0. The van der Waals surface area contributed by atoms with Crippen LogP contribution in [0.1, 0.15) is 0 Å². The number of fused-ring (bicyclic) bond motifs is 1. The largest absolute Gasteiger partial charge is 0.256 e. The SMILES string of the molecule is c1ccc2ncc(-c3cnncn3)cc2c1. The standard InChI is InChI=1S/C12H8N4/c1-2-4-11-9(3-1)5-10(6-13-11)12-7-15-16-8-14-12/h1-8H. The van der Waals surface area contributed by atoms with E-state index in [1.165, 1.54) is 6.33 Å². The molecule has 0 amide bonds. The molecule has 0 fully saturated rings. The fraction of sp³-hybridized carbons (Fsp3) is 0. The van der Waals surface area contributed by atoms with Crippen LogP contribution in [0.2, 0.25) is 0 Å². The lowest BCUT2D eigenvalue weighted by atomic mass is 10.1. The van der Waals surface area contributed by atoms with Crippen LogP contribution in [0.4, 0.5) is 0 Å². The van der Waals surface area contributed by atoms with E-state index in [4.69, 9.17) is 0 Å². The van der Waals surface area contributed by atoms with Crippen molar-refractivity contribution in [2.75, 3.05) is 0 Å². The summed E-state index contributed by atoms with van der Waals surface area (Å²) in [5.74, 6) is 0. The van der Waals surface area contributed by atoms with Crippen LogP contribution in [0, 0.1) is 0 Å². The number of nitrogens with zero attached hydrogens (tertiary/aromatic N) is 4. The van der Waals surface area contributed by atoms with Crippen molar-refractivity contribution < 1.29 is 0 Å². The van der Waals surface area contributed by atoms with Crippen molar-refractivity contribution in [1.29, 1.82) is 0 Å². The van der Waals surface area contributed by atoms with Gasteiger partial charge in [-0.1, -0.05) is 18.2 Å². The average Bonchev–Trinajstić information content (AvgIpc) is 2.39. The number of rotatable bonds is 1. The number of aromatic nitrogens is 4. The first-order valence-electron chi connectivity index (χ1n) is 4.91. The van der Waals surface area contributed by atoms with Gasteiger partial charge in [-0.05, 0) is 12.1 Å². The Morgan fingerprint density at radius 1 is 0.875 bits per heavy atom. The first kappa shape index (κ1) is 8.91.